The molecule has 1 heterocycles. The molecule has 0 radical (unpaired) electrons. The Balaban J connectivity index is 1.88. The summed E-state index contributed by atoms with van der Waals surface area (Å²) < 4.78 is 5.50. The van der Waals surface area contributed by atoms with E-state index in [9.17, 15) is 0 Å². The van der Waals surface area contributed by atoms with Crippen molar-refractivity contribution in [3.05, 3.63) is 42.3 Å². The SMILES string of the molecule is CN=C(NCCSC)NCc1coc(-c2ccccc2)n1. The molecule has 0 fully saturated rings. The van der Waals surface area contributed by atoms with E-state index in [1.165, 1.54) is 0 Å². The fraction of sp³-hybridized carbons (Fsp3) is 0.333. The molecular weight excluding hydrogens is 284 g/mol. The molecule has 1 aromatic carbocycles. The molecule has 0 spiro atoms. The highest BCUT2D eigenvalue weighted by Crippen LogP contribution is 2.17. The Morgan fingerprint density at radius 3 is 2.81 bits per heavy atom. The quantitative estimate of drug-likeness (QED) is 0.487. The number of rotatable bonds is 6. The summed E-state index contributed by atoms with van der Waals surface area (Å²) in [6.07, 6.45) is 3.75. The summed E-state index contributed by atoms with van der Waals surface area (Å²) in [5.74, 6) is 2.45. The normalized spacial score (nSPS) is 11.4. The molecule has 0 aliphatic rings. The highest BCUT2D eigenvalue weighted by Gasteiger charge is 2.06. The van der Waals surface area contributed by atoms with Gasteiger partial charge in [-0.15, -0.1) is 0 Å². The fourth-order valence-corrected chi connectivity index (χ4v) is 2.07. The third-order valence-corrected chi connectivity index (χ3v) is 3.44. The van der Waals surface area contributed by atoms with Crippen LogP contribution in [0, 0.1) is 0 Å². The van der Waals surface area contributed by atoms with Crippen molar-refractivity contribution >= 4 is 17.7 Å². The van der Waals surface area contributed by atoms with Crippen molar-refractivity contribution in [3.8, 4) is 11.5 Å². The minimum atomic E-state index is 0.579. The summed E-state index contributed by atoms with van der Waals surface area (Å²) in [6, 6.07) is 9.86. The smallest absolute Gasteiger partial charge is 0.226 e. The van der Waals surface area contributed by atoms with Gasteiger partial charge in [0, 0.05) is 24.9 Å². The molecule has 1 aromatic heterocycles. The average Bonchev–Trinajstić information content (AvgIpc) is 3.00. The molecular formula is C15H20N4OS. The van der Waals surface area contributed by atoms with Crippen molar-refractivity contribution < 1.29 is 4.42 Å². The van der Waals surface area contributed by atoms with Gasteiger partial charge >= 0.3 is 0 Å². The highest BCUT2D eigenvalue weighted by atomic mass is 32.2. The van der Waals surface area contributed by atoms with E-state index in [0.29, 0.717) is 12.4 Å². The highest BCUT2D eigenvalue weighted by molar-refractivity contribution is 7.98. The fourth-order valence-electron chi connectivity index (χ4n) is 1.77. The molecule has 6 heteroatoms. The molecule has 0 bridgehead atoms. The van der Waals surface area contributed by atoms with Crippen LogP contribution < -0.4 is 10.6 Å². The van der Waals surface area contributed by atoms with Crippen LogP contribution >= 0.6 is 11.8 Å². The van der Waals surface area contributed by atoms with Gasteiger partial charge in [0.2, 0.25) is 5.89 Å². The first-order valence-corrected chi connectivity index (χ1v) is 8.16. The first-order chi connectivity index (χ1) is 10.3. The summed E-state index contributed by atoms with van der Waals surface area (Å²) in [5, 5.41) is 6.46. The number of nitrogens with zero attached hydrogens (tertiary/aromatic N) is 2. The predicted octanol–water partition coefficient (Wildman–Crippen LogP) is 2.37. The van der Waals surface area contributed by atoms with Gasteiger partial charge in [0.25, 0.3) is 0 Å². The van der Waals surface area contributed by atoms with E-state index < -0.39 is 0 Å². The van der Waals surface area contributed by atoms with Crippen LogP contribution in [0.15, 0.2) is 46.0 Å². The molecule has 0 atom stereocenters. The van der Waals surface area contributed by atoms with Gasteiger partial charge in [-0.3, -0.25) is 4.99 Å². The Bertz CT molecular complexity index is 568. The zero-order valence-corrected chi connectivity index (χ0v) is 13.1. The topological polar surface area (TPSA) is 62.5 Å². The molecule has 0 aliphatic carbocycles. The maximum atomic E-state index is 5.50. The van der Waals surface area contributed by atoms with Crippen LogP contribution in [0.4, 0.5) is 0 Å². The van der Waals surface area contributed by atoms with E-state index in [-0.39, 0.29) is 0 Å². The zero-order chi connectivity index (χ0) is 14.9. The van der Waals surface area contributed by atoms with Crippen molar-refractivity contribution in [2.75, 3.05) is 25.6 Å². The molecule has 5 nitrogen and oxygen atoms in total. The molecule has 0 saturated carbocycles. The molecule has 0 amide bonds. The number of nitrogens with one attached hydrogen (secondary N) is 2. The van der Waals surface area contributed by atoms with Gasteiger partial charge in [-0.1, -0.05) is 18.2 Å². The van der Waals surface area contributed by atoms with Crippen molar-refractivity contribution in [1.82, 2.24) is 15.6 Å². The van der Waals surface area contributed by atoms with E-state index in [4.69, 9.17) is 4.42 Å². The van der Waals surface area contributed by atoms with Gasteiger partial charge in [-0.05, 0) is 18.4 Å². The molecule has 2 N–H and O–H groups in total. The summed E-state index contributed by atoms with van der Waals surface area (Å²) in [7, 11) is 1.76. The number of hydrogen-bond donors (Lipinski definition) is 2. The molecule has 0 saturated heterocycles. The number of aromatic nitrogens is 1. The van der Waals surface area contributed by atoms with Crippen molar-refractivity contribution in [1.29, 1.82) is 0 Å². The van der Waals surface area contributed by atoms with Gasteiger partial charge in [0.05, 0.1) is 12.2 Å². The largest absolute Gasteiger partial charge is 0.444 e. The molecule has 112 valence electrons. The lowest BCUT2D eigenvalue weighted by Gasteiger charge is -2.09. The van der Waals surface area contributed by atoms with Gasteiger partial charge in [-0.2, -0.15) is 11.8 Å². The van der Waals surface area contributed by atoms with Crippen molar-refractivity contribution in [3.63, 3.8) is 0 Å². The van der Waals surface area contributed by atoms with E-state index in [1.54, 1.807) is 25.1 Å². The minimum Gasteiger partial charge on any atom is -0.444 e. The van der Waals surface area contributed by atoms with E-state index in [0.717, 1.165) is 29.5 Å². The lowest BCUT2D eigenvalue weighted by atomic mass is 10.2. The Morgan fingerprint density at radius 1 is 1.29 bits per heavy atom. The number of thioether (sulfide) groups is 1. The second-order valence-electron chi connectivity index (χ2n) is 4.36. The second kappa shape index (κ2) is 8.36. The Hall–Kier alpha value is -1.95. The summed E-state index contributed by atoms with van der Waals surface area (Å²) >= 11 is 1.80. The summed E-state index contributed by atoms with van der Waals surface area (Å²) in [6.45, 7) is 1.46. The maximum absolute atomic E-state index is 5.50. The monoisotopic (exact) mass is 304 g/mol. The third kappa shape index (κ3) is 4.82. The minimum absolute atomic E-state index is 0.579. The molecule has 21 heavy (non-hydrogen) atoms. The van der Waals surface area contributed by atoms with E-state index >= 15 is 0 Å². The molecule has 0 aliphatic heterocycles. The first-order valence-electron chi connectivity index (χ1n) is 6.76. The zero-order valence-electron chi connectivity index (χ0n) is 12.3. The standard InChI is InChI=1S/C15H20N4OS/c1-16-15(17-8-9-21-2)18-10-13-11-20-14(19-13)12-6-4-3-5-7-12/h3-7,11H,8-10H2,1-2H3,(H2,16,17,18). The number of oxazole rings is 1. The summed E-state index contributed by atoms with van der Waals surface area (Å²) in [5.41, 5.74) is 1.83. The average molecular weight is 304 g/mol. The van der Waals surface area contributed by atoms with Crippen LogP contribution in [0.5, 0.6) is 0 Å². The van der Waals surface area contributed by atoms with Gasteiger partial charge in [0.1, 0.15) is 6.26 Å². The Morgan fingerprint density at radius 2 is 2.10 bits per heavy atom. The first kappa shape index (κ1) is 15.4. The Kier molecular flexibility index (Phi) is 6.15. The van der Waals surface area contributed by atoms with Crippen LogP contribution in [0.2, 0.25) is 0 Å². The van der Waals surface area contributed by atoms with Gasteiger partial charge < -0.3 is 15.1 Å². The Labute approximate surface area is 129 Å². The lowest BCUT2D eigenvalue weighted by molar-refractivity contribution is 0.572. The van der Waals surface area contributed by atoms with Gasteiger partial charge in [0.15, 0.2) is 5.96 Å². The van der Waals surface area contributed by atoms with Crippen LogP contribution in [0.25, 0.3) is 11.5 Å². The predicted molar refractivity (Wildman–Crippen MR) is 88.5 cm³/mol. The van der Waals surface area contributed by atoms with Crippen LogP contribution in [-0.4, -0.2) is 36.5 Å². The van der Waals surface area contributed by atoms with Crippen LogP contribution in [0.1, 0.15) is 5.69 Å². The number of guanidine groups is 1. The molecule has 2 rings (SSSR count). The van der Waals surface area contributed by atoms with E-state index in [1.807, 2.05) is 30.3 Å². The molecule has 0 unspecified atom stereocenters. The summed E-state index contributed by atoms with van der Waals surface area (Å²) in [4.78, 5) is 8.63. The van der Waals surface area contributed by atoms with Gasteiger partial charge in [-0.25, -0.2) is 4.98 Å². The maximum Gasteiger partial charge on any atom is 0.226 e. The van der Waals surface area contributed by atoms with Crippen molar-refractivity contribution in [2.24, 2.45) is 4.99 Å². The second-order valence-corrected chi connectivity index (χ2v) is 5.34. The van der Waals surface area contributed by atoms with Crippen LogP contribution in [-0.2, 0) is 6.54 Å². The number of aliphatic imine (C=N–C) groups is 1. The van der Waals surface area contributed by atoms with Crippen molar-refractivity contribution in [2.45, 2.75) is 6.54 Å². The van der Waals surface area contributed by atoms with Crippen LogP contribution in [0.3, 0.4) is 0 Å². The van der Waals surface area contributed by atoms with E-state index in [2.05, 4.69) is 26.9 Å². The number of hydrogen-bond acceptors (Lipinski definition) is 4. The third-order valence-electron chi connectivity index (χ3n) is 2.83. The number of benzene rings is 1. The lowest BCUT2D eigenvalue weighted by Crippen LogP contribution is -2.38. The molecule has 2 aromatic rings.